The maximum atomic E-state index is 3.37. The first-order valence-corrected chi connectivity index (χ1v) is 6.32. The molecule has 0 amide bonds. The van der Waals surface area contributed by atoms with Gasteiger partial charge in [-0.15, -0.1) is 0 Å². The molecule has 17 heavy (non-hydrogen) atoms. The Bertz CT molecular complexity index is 533. The second-order valence-electron chi connectivity index (χ2n) is 6.97. The van der Waals surface area contributed by atoms with E-state index in [9.17, 15) is 0 Å². The van der Waals surface area contributed by atoms with Crippen molar-refractivity contribution in [3.63, 3.8) is 0 Å². The molecule has 92 valence electrons. The van der Waals surface area contributed by atoms with Crippen molar-refractivity contribution in [3.8, 4) is 0 Å². The van der Waals surface area contributed by atoms with Crippen LogP contribution in [0.2, 0.25) is 0 Å². The van der Waals surface area contributed by atoms with Crippen LogP contribution in [0.3, 0.4) is 0 Å². The summed E-state index contributed by atoms with van der Waals surface area (Å²) in [5, 5.41) is 1.32. The summed E-state index contributed by atoms with van der Waals surface area (Å²) in [6.07, 6.45) is 2.03. The Balaban J connectivity index is 2.76. The van der Waals surface area contributed by atoms with Crippen LogP contribution in [0.1, 0.15) is 52.7 Å². The Hall–Kier alpha value is -1.24. The van der Waals surface area contributed by atoms with Gasteiger partial charge >= 0.3 is 0 Å². The van der Waals surface area contributed by atoms with Gasteiger partial charge in [0.2, 0.25) is 0 Å². The standard InChI is InChI=1S/C16H23N/c1-15(2,3)12-9-11-7-8-17-14(11)13(10-12)16(4,5)6/h7-10,17H,1-6H3. The number of fused-ring (bicyclic) bond motifs is 1. The fourth-order valence-corrected chi connectivity index (χ4v) is 2.20. The normalized spacial score (nSPS) is 13.3. The number of hydrogen-bond donors (Lipinski definition) is 1. The van der Waals surface area contributed by atoms with Crippen LogP contribution in [0.4, 0.5) is 0 Å². The van der Waals surface area contributed by atoms with Gasteiger partial charge in [0.15, 0.2) is 0 Å². The van der Waals surface area contributed by atoms with E-state index in [-0.39, 0.29) is 10.8 Å². The van der Waals surface area contributed by atoms with E-state index in [4.69, 9.17) is 0 Å². The molecule has 1 heteroatoms. The molecule has 0 bridgehead atoms. The quantitative estimate of drug-likeness (QED) is 0.670. The Morgan fingerprint density at radius 2 is 1.53 bits per heavy atom. The Morgan fingerprint density at radius 3 is 2.06 bits per heavy atom. The lowest BCUT2D eigenvalue weighted by Gasteiger charge is -2.25. The van der Waals surface area contributed by atoms with Crippen LogP contribution in [-0.4, -0.2) is 4.98 Å². The summed E-state index contributed by atoms with van der Waals surface area (Å²) in [5.74, 6) is 0. The molecular weight excluding hydrogens is 206 g/mol. The van der Waals surface area contributed by atoms with E-state index in [1.165, 1.54) is 22.0 Å². The molecule has 0 aliphatic rings. The van der Waals surface area contributed by atoms with E-state index >= 15 is 0 Å². The largest absolute Gasteiger partial charge is 0.361 e. The van der Waals surface area contributed by atoms with Gasteiger partial charge in [-0.05, 0) is 39.5 Å². The zero-order valence-electron chi connectivity index (χ0n) is 11.8. The van der Waals surface area contributed by atoms with E-state index in [1.807, 2.05) is 6.20 Å². The highest BCUT2D eigenvalue weighted by Crippen LogP contribution is 2.34. The molecule has 2 rings (SSSR count). The summed E-state index contributed by atoms with van der Waals surface area (Å²) in [5.41, 5.74) is 4.47. The summed E-state index contributed by atoms with van der Waals surface area (Å²) >= 11 is 0. The molecule has 0 atom stereocenters. The van der Waals surface area contributed by atoms with Crippen LogP contribution < -0.4 is 0 Å². The molecule has 0 saturated carbocycles. The van der Waals surface area contributed by atoms with Gasteiger partial charge in [0.25, 0.3) is 0 Å². The lowest BCUT2D eigenvalue weighted by molar-refractivity contribution is 0.572. The topological polar surface area (TPSA) is 15.8 Å². The fourth-order valence-electron chi connectivity index (χ4n) is 2.20. The maximum Gasteiger partial charge on any atom is 0.0492 e. The van der Waals surface area contributed by atoms with Crippen molar-refractivity contribution < 1.29 is 0 Å². The first kappa shape index (κ1) is 12.2. The van der Waals surface area contributed by atoms with Gasteiger partial charge in [-0.2, -0.15) is 0 Å². The third kappa shape index (κ3) is 2.24. The predicted octanol–water partition coefficient (Wildman–Crippen LogP) is 4.76. The molecule has 1 nitrogen and oxygen atoms in total. The van der Waals surface area contributed by atoms with E-state index in [0.29, 0.717) is 0 Å². The number of benzene rings is 1. The van der Waals surface area contributed by atoms with Crippen LogP contribution in [0.25, 0.3) is 10.9 Å². The summed E-state index contributed by atoms with van der Waals surface area (Å²) in [6, 6.07) is 6.83. The van der Waals surface area contributed by atoms with Crippen molar-refractivity contribution in [2.75, 3.05) is 0 Å². The van der Waals surface area contributed by atoms with Crippen LogP contribution >= 0.6 is 0 Å². The molecule has 0 fully saturated rings. The third-order valence-corrected chi connectivity index (χ3v) is 3.33. The first-order chi connectivity index (χ1) is 7.69. The van der Waals surface area contributed by atoms with Crippen LogP contribution in [0, 0.1) is 0 Å². The SMILES string of the molecule is CC(C)(C)c1cc(C(C)(C)C)c2[nH]ccc2c1. The van der Waals surface area contributed by atoms with Gasteiger partial charge in [-0.3, -0.25) is 0 Å². The Kier molecular flexibility index (Phi) is 2.61. The fraction of sp³-hybridized carbons (Fsp3) is 0.500. The lowest BCUT2D eigenvalue weighted by atomic mass is 9.79. The maximum absolute atomic E-state index is 3.37. The molecule has 1 aromatic heterocycles. The second kappa shape index (κ2) is 3.63. The van der Waals surface area contributed by atoms with Crippen molar-refractivity contribution in [2.24, 2.45) is 0 Å². The summed E-state index contributed by atoms with van der Waals surface area (Å²) in [4.78, 5) is 3.37. The molecule has 0 saturated heterocycles. The van der Waals surface area contributed by atoms with Gasteiger partial charge in [0.1, 0.15) is 0 Å². The monoisotopic (exact) mass is 229 g/mol. The van der Waals surface area contributed by atoms with Gasteiger partial charge in [0.05, 0.1) is 0 Å². The molecule has 0 aliphatic heterocycles. The minimum Gasteiger partial charge on any atom is -0.361 e. The van der Waals surface area contributed by atoms with Crippen LogP contribution in [-0.2, 0) is 10.8 Å². The minimum atomic E-state index is 0.171. The number of aromatic nitrogens is 1. The van der Waals surface area contributed by atoms with Crippen LogP contribution in [0.15, 0.2) is 24.4 Å². The van der Waals surface area contributed by atoms with Crippen molar-refractivity contribution in [3.05, 3.63) is 35.5 Å². The molecule has 1 N–H and O–H groups in total. The van der Waals surface area contributed by atoms with E-state index in [2.05, 4.69) is 64.7 Å². The molecule has 1 heterocycles. The van der Waals surface area contributed by atoms with Crippen molar-refractivity contribution in [1.82, 2.24) is 4.98 Å². The van der Waals surface area contributed by atoms with E-state index in [1.54, 1.807) is 0 Å². The minimum absolute atomic E-state index is 0.171. The number of hydrogen-bond acceptors (Lipinski definition) is 0. The van der Waals surface area contributed by atoms with E-state index < -0.39 is 0 Å². The second-order valence-corrected chi connectivity index (χ2v) is 6.97. The summed E-state index contributed by atoms with van der Waals surface area (Å²) < 4.78 is 0. The lowest BCUT2D eigenvalue weighted by Crippen LogP contribution is -2.16. The van der Waals surface area contributed by atoms with Crippen molar-refractivity contribution in [1.29, 1.82) is 0 Å². The van der Waals surface area contributed by atoms with Gasteiger partial charge in [0, 0.05) is 11.7 Å². The molecule has 0 aliphatic carbocycles. The van der Waals surface area contributed by atoms with Gasteiger partial charge in [-0.1, -0.05) is 47.6 Å². The molecule has 0 radical (unpaired) electrons. The number of nitrogens with one attached hydrogen (secondary N) is 1. The zero-order valence-corrected chi connectivity index (χ0v) is 11.8. The van der Waals surface area contributed by atoms with Gasteiger partial charge in [-0.25, -0.2) is 0 Å². The average Bonchev–Trinajstić information content (AvgIpc) is 2.59. The highest BCUT2D eigenvalue weighted by molar-refractivity contribution is 5.84. The van der Waals surface area contributed by atoms with Crippen molar-refractivity contribution >= 4 is 10.9 Å². The highest BCUT2D eigenvalue weighted by Gasteiger charge is 2.22. The zero-order chi connectivity index (χ0) is 12.8. The molecule has 0 spiro atoms. The smallest absolute Gasteiger partial charge is 0.0492 e. The highest BCUT2D eigenvalue weighted by atomic mass is 14.7. The van der Waals surface area contributed by atoms with Gasteiger partial charge < -0.3 is 4.98 Å². The molecule has 1 aromatic carbocycles. The summed E-state index contributed by atoms with van der Waals surface area (Å²) in [6.45, 7) is 13.6. The Labute approximate surface area is 104 Å². The number of H-pyrrole nitrogens is 1. The molecule has 2 aromatic rings. The Morgan fingerprint density at radius 1 is 0.882 bits per heavy atom. The number of rotatable bonds is 0. The van der Waals surface area contributed by atoms with Crippen molar-refractivity contribution in [2.45, 2.75) is 52.4 Å². The molecule has 0 unspecified atom stereocenters. The van der Waals surface area contributed by atoms with Crippen LogP contribution in [0.5, 0.6) is 0 Å². The average molecular weight is 229 g/mol. The molecular formula is C16H23N. The number of aromatic amines is 1. The summed E-state index contributed by atoms with van der Waals surface area (Å²) in [7, 11) is 0. The first-order valence-electron chi connectivity index (χ1n) is 6.32. The van der Waals surface area contributed by atoms with E-state index in [0.717, 1.165) is 0 Å². The third-order valence-electron chi connectivity index (χ3n) is 3.33. The predicted molar refractivity (Wildman–Crippen MR) is 75.7 cm³/mol.